The third-order valence-electron chi connectivity index (χ3n) is 4.73. The molecule has 1 aromatic carbocycles. The monoisotopic (exact) mass is 366 g/mol. The molecular weight excluding hydrogens is 340 g/mol. The quantitative estimate of drug-likeness (QED) is 0.451. The number of rotatable bonds is 10. The number of ether oxygens (including phenoxy) is 1. The van der Waals surface area contributed by atoms with Gasteiger partial charge >= 0.3 is 0 Å². The van der Waals surface area contributed by atoms with Crippen LogP contribution >= 0.6 is 0 Å². The van der Waals surface area contributed by atoms with E-state index in [-0.39, 0.29) is 0 Å². The summed E-state index contributed by atoms with van der Waals surface area (Å²) in [6, 6.07) is 7.88. The smallest absolute Gasteiger partial charge is 0.194 e. The molecule has 0 bridgehead atoms. The van der Waals surface area contributed by atoms with Crippen LogP contribution in [0.25, 0.3) is 22.2 Å². The molecule has 0 saturated heterocycles. The van der Waals surface area contributed by atoms with Crippen LogP contribution in [0.1, 0.15) is 51.3 Å². The lowest BCUT2D eigenvalue weighted by Gasteiger charge is -2.07. The zero-order valence-electron chi connectivity index (χ0n) is 16.0. The molecule has 2 aromatic heterocycles. The van der Waals surface area contributed by atoms with E-state index >= 15 is 0 Å². The lowest BCUT2D eigenvalue weighted by Crippen LogP contribution is -1.94. The first kappa shape index (κ1) is 19.1. The summed E-state index contributed by atoms with van der Waals surface area (Å²) in [6.07, 6.45) is 9.83. The maximum Gasteiger partial charge on any atom is 0.194 e. The number of hydrogen-bond donors (Lipinski definition) is 0. The molecule has 0 aliphatic rings. The maximum absolute atomic E-state index is 11.3. The van der Waals surface area contributed by atoms with Crippen LogP contribution in [0, 0.1) is 0 Å². The summed E-state index contributed by atoms with van der Waals surface area (Å²) in [5, 5.41) is 1.04. The molecule has 27 heavy (non-hydrogen) atoms. The summed E-state index contributed by atoms with van der Waals surface area (Å²) in [4.78, 5) is 20.1. The number of benzene rings is 1. The van der Waals surface area contributed by atoms with Crippen molar-refractivity contribution in [3.05, 3.63) is 42.5 Å². The van der Waals surface area contributed by atoms with Crippen LogP contribution in [0.2, 0.25) is 0 Å². The fourth-order valence-corrected chi connectivity index (χ4v) is 3.14. The predicted molar refractivity (Wildman–Crippen MR) is 106 cm³/mol. The first-order chi connectivity index (χ1) is 13.2. The van der Waals surface area contributed by atoms with Gasteiger partial charge in [0.25, 0.3) is 0 Å². The molecule has 2 heterocycles. The number of aromatic nitrogens is 2. The van der Waals surface area contributed by atoms with E-state index in [2.05, 4.69) is 9.97 Å². The number of unbranched alkanes of at least 4 members (excludes halogenated alkanes) is 3. The van der Waals surface area contributed by atoms with Gasteiger partial charge in [0.15, 0.2) is 11.7 Å². The molecule has 0 amide bonds. The summed E-state index contributed by atoms with van der Waals surface area (Å²) < 4.78 is 11.5. The highest BCUT2D eigenvalue weighted by atomic mass is 16.5. The molecule has 142 valence electrons. The minimum absolute atomic E-state index is 0.354. The summed E-state index contributed by atoms with van der Waals surface area (Å²) in [7, 11) is 1.65. The summed E-state index contributed by atoms with van der Waals surface area (Å²) >= 11 is 0. The van der Waals surface area contributed by atoms with Crippen molar-refractivity contribution >= 4 is 16.7 Å². The van der Waals surface area contributed by atoms with Crippen molar-refractivity contribution < 1.29 is 13.9 Å². The van der Waals surface area contributed by atoms with Crippen molar-refractivity contribution in [3.8, 4) is 17.1 Å². The van der Waals surface area contributed by atoms with Gasteiger partial charge in [-0.25, -0.2) is 4.98 Å². The normalized spacial score (nSPS) is 11.0. The Morgan fingerprint density at radius 3 is 2.81 bits per heavy atom. The Morgan fingerprint density at radius 2 is 2.00 bits per heavy atom. The van der Waals surface area contributed by atoms with Crippen LogP contribution in [-0.4, -0.2) is 22.9 Å². The highest BCUT2D eigenvalue weighted by Crippen LogP contribution is 2.34. The van der Waals surface area contributed by atoms with Crippen LogP contribution in [0.3, 0.4) is 0 Å². The van der Waals surface area contributed by atoms with Crippen LogP contribution in [0.5, 0.6) is 5.75 Å². The van der Waals surface area contributed by atoms with Crippen LogP contribution < -0.4 is 4.74 Å². The Morgan fingerprint density at radius 1 is 1.15 bits per heavy atom. The zero-order valence-corrected chi connectivity index (χ0v) is 16.0. The number of ketones is 1. The SMILES string of the molecule is CCC(=O)CCCCCCc1ncc(-c2cc3cccnc3cc2OC)o1. The number of Topliss-reactive ketones (excluding diaryl/α,β-unsaturated/α-hetero) is 1. The van der Waals surface area contributed by atoms with E-state index in [1.54, 1.807) is 19.5 Å². The van der Waals surface area contributed by atoms with Crippen molar-refractivity contribution in [2.24, 2.45) is 0 Å². The van der Waals surface area contributed by atoms with Crippen molar-refractivity contribution in [1.29, 1.82) is 0 Å². The molecular formula is C22H26N2O3. The number of nitrogens with zero attached hydrogens (tertiary/aromatic N) is 2. The summed E-state index contributed by atoms with van der Waals surface area (Å²) in [5.41, 5.74) is 1.77. The van der Waals surface area contributed by atoms with E-state index in [0.717, 1.165) is 60.2 Å². The van der Waals surface area contributed by atoms with Crippen LogP contribution in [0.4, 0.5) is 0 Å². The van der Waals surface area contributed by atoms with Gasteiger partial charge in [0.05, 0.1) is 24.4 Å². The second-order valence-electron chi connectivity index (χ2n) is 6.67. The lowest BCUT2D eigenvalue weighted by atomic mass is 10.1. The van der Waals surface area contributed by atoms with Gasteiger partial charge in [-0.1, -0.05) is 25.8 Å². The number of aryl methyl sites for hydroxylation is 1. The standard InChI is InChI=1S/C22H26N2O3/c1-3-17(25)10-6-4-5-7-11-22-24-15-21(27-22)18-13-16-9-8-12-23-19(16)14-20(18)26-2/h8-9,12-15H,3-7,10-11H2,1-2H3. The van der Waals surface area contributed by atoms with Gasteiger partial charge in [0.2, 0.25) is 0 Å². The number of carbonyl (C=O) groups is 1. The second kappa shape index (κ2) is 9.31. The highest BCUT2D eigenvalue weighted by Gasteiger charge is 2.13. The van der Waals surface area contributed by atoms with E-state index in [4.69, 9.17) is 9.15 Å². The van der Waals surface area contributed by atoms with Crippen molar-refractivity contribution in [1.82, 2.24) is 9.97 Å². The number of hydrogen-bond acceptors (Lipinski definition) is 5. The minimum atomic E-state index is 0.354. The van der Waals surface area contributed by atoms with Gasteiger partial charge in [-0.2, -0.15) is 0 Å². The lowest BCUT2D eigenvalue weighted by molar-refractivity contribution is -0.118. The Bertz CT molecular complexity index is 901. The third kappa shape index (κ3) is 4.94. The second-order valence-corrected chi connectivity index (χ2v) is 6.67. The Hall–Kier alpha value is -2.69. The Kier molecular flexibility index (Phi) is 6.58. The van der Waals surface area contributed by atoms with Gasteiger partial charge in [0, 0.05) is 36.9 Å². The number of oxazole rings is 1. The van der Waals surface area contributed by atoms with Gasteiger partial charge in [-0.05, 0) is 25.0 Å². The molecule has 0 radical (unpaired) electrons. The van der Waals surface area contributed by atoms with Gasteiger partial charge in [-0.3, -0.25) is 9.78 Å². The van der Waals surface area contributed by atoms with Crippen LogP contribution in [0.15, 0.2) is 41.1 Å². The minimum Gasteiger partial charge on any atom is -0.496 e. The molecule has 0 aliphatic heterocycles. The summed E-state index contributed by atoms with van der Waals surface area (Å²) in [6.45, 7) is 1.92. The number of fused-ring (bicyclic) bond motifs is 1. The van der Waals surface area contributed by atoms with Crippen molar-refractivity contribution in [2.45, 2.75) is 51.9 Å². The Labute approximate surface area is 159 Å². The van der Waals surface area contributed by atoms with E-state index in [0.29, 0.717) is 24.4 Å². The number of methoxy groups -OCH3 is 1. The molecule has 5 nitrogen and oxygen atoms in total. The predicted octanol–water partition coefficient (Wildman–Crippen LogP) is 5.37. The first-order valence-electron chi connectivity index (χ1n) is 9.60. The van der Waals surface area contributed by atoms with Gasteiger partial charge in [-0.15, -0.1) is 0 Å². The molecule has 3 rings (SSSR count). The van der Waals surface area contributed by atoms with E-state index < -0.39 is 0 Å². The van der Waals surface area contributed by atoms with Crippen molar-refractivity contribution in [3.63, 3.8) is 0 Å². The molecule has 3 aromatic rings. The molecule has 0 N–H and O–H groups in total. The fourth-order valence-electron chi connectivity index (χ4n) is 3.14. The van der Waals surface area contributed by atoms with Gasteiger partial charge in [0.1, 0.15) is 11.5 Å². The Balaban J connectivity index is 1.60. The molecule has 0 fully saturated rings. The van der Waals surface area contributed by atoms with E-state index in [1.807, 2.05) is 31.2 Å². The molecule has 0 unspecified atom stereocenters. The largest absolute Gasteiger partial charge is 0.496 e. The average molecular weight is 366 g/mol. The van der Waals surface area contributed by atoms with Crippen molar-refractivity contribution in [2.75, 3.05) is 7.11 Å². The molecule has 0 saturated carbocycles. The maximum atomic E-state index is 11.3. The highest BCUT2D eigenvalue weighted by molar-refractivity contribution is 5.87. The van der Waals surface area contributed by atoms with E-state index in [1.165, 1.54) is 0 Å². The first-order valence-corrected chi connectivity index (χ1v) is 9.60. The molecule has 0 atom stereocenters. The third-order valence-corrected chi connectivity index (χ3v) is 4.73. The molecule has 0 spiro atoms. The molecule has 0 aliphatic carbocycles. The average Bonchev–Trinajstić information content (AvgIpc) is 3.18. The van der Waals surface area contributed by atoms with Crippen LogP contribution in [-0.2, 0) is 11.2 Å². The number of pyridine rings is 1. The summed E-state index contributed by atoms with van der Waals surface area (Å²) in [5.74, 6) is 2.53. The van der Waals surface area contributed by atoms with E-state index in [9.17, 15) is 4.79 Å². The number of carbonyl (C=O) groups excluding carboxylic acids is 1. The fraction of sp³-hybridized carbons (Fsp3) is 0.409. The topological polar surface area (TPSA) is 65.2 Å². The zero-order chi connectivity index (χ0) is 19.1. The van der Waals surface area contributed by atoms with Gasteiger partial charge < -0.3 is 9.15 Å². The molecule has 5 heteroatoms.